The Bertz CT molecular complexity index is 1060. The number of pyridine rings is 1. The fourth-order valence-electron chi connectivity index (χ4n) is 4.41. The Balaban J connectivity index is 1.80. The molecule has 3 atom stereocenters. The quantitative estimate of drug-likeness (QED) is 0.776. The van der Waals surface area contributed by atoms with Crippen molar-refractivity contribution in [1.29, 1.82) is 0 Å². The number of hydrogen-bond acceptors (Lipinski definition) is 4. The van der Waals surface area contributed by atoms with E-state index in [-0.39, 0.29) is 34.7 Å². The number of piperidine rings is 1. The highest BCUT2D eigenvalue weighted by molar-refractivity contribution is 7.89. The van der Waals surface area contributed by atoms with Crippen LogP contribution in [0.2, 0.25) is 0 Å². The van der Waals surface area contributed by atoms with Gasteiger partial charge < -0.3 is 4.90 Å². The van der Waals surface area contributed by atoms with Crippen molar-refractivity contribution in [2.24, 2.45) is 5.92 Å². The number of nitrogens with zero attached hydrogens (tertiary/aromatic N) is 3. The molecule has 1 aromatic carbocycles. The molecule has 2 aromatic rings. The molecule has 4 rings (SSSR count). The average Bonchev–Trinajstić information content (AvgIpc) is 2.69. The summed E-state index contributed by atoms with van der Waals surface area (Å²) in [6.45, 7) is 0.527. The molecule has 2 bridgehead atoms. The van der Waals surface area contributed by atoms with Gasteiger partial charge in [0.05, 0.1) is 4.90 Å². The Morgan fingerprint density at radius 3 is 2.43 bits per heavy atom. The summed E-state index contributed by atoms with van der Waals surface area (Å²) in [6, 6.07) is 12.6. The van der Waals surface area contributed by atoms with Crippen molar-refractivity contribution in [1.82, 2.24) is 13.8 Å². The number of amides is 1. The SMILES string of the molecule is CN(C)C(=O)[C@H]1[C@H]2C[C@H](CN(S(=O)(=O)c3ccccc3)C2)c2cccc(=O)n21. The molecule has 2 aliphatic heterocycles. The monoisotopic (exact) mass is 401 g/mol. The molecule has 1 amide bonds. The van der Waals surface area contributed by atoms with Gasteiger partial charge in [-0.15, -0.1) is 0 Å². The molecule has 8 heteroatoms. The van der Waals surface area contributed by atoms with Crippen LogP contribution in [0.5, 0.6) is 0 Å². The van der Waals surface area contributed by atoms with Crippen LogP contribution in [-0.2, 0) is 14.8 Å². The molecule has 2 aliphatic rings. The maximum Gasteiger partial charge on any atom is 0.251 e. The van der Waals surface area contributed by atoms with Crippen LogP contribution in [-0.4, -0.2) is 55.3 Å². The third-order valence-corrected chi connectivity index (χ3v) is 7.53. The third-order valence-electron chi connectivity index (χ3n) is 5.69. The van der Waals surface area contributed by atoms with Gasteiger partial charge in [-0.05, 0) is 24.6 Å². The molecule has 1 aromatic heterocycles. The molecule has 0 saturated carbocycles. The van der Waals surface area contributed by atoms with Crippen molar-refractivity contribution in [2.45, 2.75) is 23.3 Å². The zero-order chi connectivity index (χ0) is 20.1. The molecular weight excluding hydrogens is 378 g/mol. The normalized spacial score (nSPS) is 24.4. The number of carbonyl (C=O) groups excluding carboxylic acids is 1. The number of fused-ring (bicyclic) bond motifs is 4. The first kappa shape index (κ1) is 18.9. The highest BCUT2D eigenvalue weighted by atomic mass is 32.2. The fraction of sp³-hybridized carbons (Fsp3) is 0.400. The van der Waals surface area contributed by atoms with Crippen LogP contribution in [0.1, 0.15) is 24.1 Å². The van der Waals surface area contributed by atoms with Gasteiger partial charge >= 0.3 is 0 Å². The summed E-state index contributed by atoms with van der Waals surface area (Å²) >= 11 is 0. The average molecular weight is 401 g/mol. The van der Waals surface area contributed by atoms with E-state index in [0.29, 0.717) is 13.0 Å². The molecule has 7 nitrogen and oxygen atoms in total. The summed E-state index contributed by atoms with van der Waals surface area (Å²) in [7, 11) is -0.353. The van der Waals surface area contributed by atoms with Gasteiger partial charge in [-0.25, -0.2) is 8.42 Å². The third kappa shape index (κ3) is 2.97. The minimum absolute atomic E-state index is 0.114. The number of rotatable bonds is 3. The van der Waals surface area contributed by atoms with Crippen molar-refractivity contribution >= 4 is 15.9 Å². The zero-order valence-electron chi connectivity index (χ0n) is 15.9. The van der Waals surface area contributed by atoms with E-state index in [2.05, 4.69) is 0 Å². The Morgan fingerprint density at radius 1 is 1.04 bits per heavy atom. The standard InChI is InChI=1S/C20H23N3O4S/c1-21(2)20(25)19-15-11-14(17-9-6-10-18(24)23(17)19)12-22(13-15)28(26,27)16-7-4-3-5-8-16/h3-10,14-15,19H,11-13H2,1-2H3/t14-,15+,19-/m1/s1. The predicted molar refractivity (Wildman–Crippen MR) is 104 cm³/mol. The summed E-state index contributed by atoms with van der Waals surface area (Å²) in [5, 5.41) is 0. The van der Waals surface area contributed by atoms with Crippen LogP contribution in [0, 0.1) is 5.92 Å². The lowest BCUT2D eigenvalue weighted by atomic mass is 9.79. The lowest BCUT2D eigenvalue weighted by molar-refractivity contribution is -0.135. The second-order valence-corrected chi connectivity index (χ2v) is 9.60. The predicted octanol–water partition coefficient (Wildman–Crippen LogP) is 1.29. The van der Waals surface area contributed by atoms with Crippen LogP contribution in [0.25, 0.3) is 0 Å². The van der Waals surface area contributed by atoms with E-state index in [1.54, 1.807) is 55.1 Å². The van der Waals surface area contributed by atoms with Gasteiger partial charge in [0, 0.05) is 50.8 Å². The van der Waals surface area contributed by atoms with E-state index < -0.39 is 16.1 Å². The Labute approximate surface area is 164 Å². The number of sulfonamides is 1. The van der Waals surface area contributed by atoms with Crippen LogP contribution in [0.3, 0.4) is 0 Å². The van der Waals surface area contributed by atoms with E-state index >= 15 is 0 Å². The smallest absolute Gasteiger partial charge is 0.251 e. The molecule has 1 saturated heterocycles. The van der Waals surface area contributed by atoms with Crippen molar-refractivity contribution in [2.75, 3.05) is 27.2 Å². The molecule has 148 valence electrons. The molecule has 0 radical (unpaired) electrons. The van der Waals surface area contributed by atoms with Gasteiger partial charge in [-0.2, -0.15) is 4.31 Å². The topological polar surface area (TPSA) is 79.7 Å². The van der Waals surface area contributed by atoms with E-state index in [0.717, 1.165) is 5.69 Å². The van der Waals surface area contributed by atoms with Gasteiger partial charge in [-0.1, -0.05) is 24.3 Å². The summed E-state index contributed by atoms with van der Waals surface area (Å²) < 4.78 is 29.4. The van der Waals surface area contributed by atoms with Gasteiger partial charge in [0.25, 0.3) is 5.56 Å². The number of carbonyl (C=O) groups is 1. The Kier molecular flexibility index (Phi) is 4.63. The number of likely N-dealkylation sites (N-methyl/N-ethyl adjacent to an activating group) is 1. The fourth-order valence-corrected chi connectivity index (χ4v) is 5.98. The largest absolute Gasteiger partial charge is 0.347 e. The molecular formula is C20H23N3O4S. The highest BCUT2D eigenvalue weighted by Crippen LogP contribution is 2.42. The van der Waals surface area contributed by atoms with Gasteiger partial charge in [0.2, 0.25) is 15.9 Å². The summed E-state index contributed by atoms with van der Waals surface area (Å²) in [5.41, 5.74) is 0.517. The van der Waals surface area contributed by atoms with Gasteiger partial charge in [-0.3, -0.25) is 14.2 Å². The lowest BCUT2D eigenvalue weighted by Gasteiger charge is -2.46. The first-order chi connectivity index (χ1) is 13.3. The minimum Gasteiger partial charge on any atom is -0.347 e. The molecule has 0 N–H and O–H groups in total. The molecule has 1 fully saturated rings. The van der Waals surface area contributed by atoms with Gasteiger partial charge in [0.15, 0.2) is 0 Å². The highest BCUT2D eigenvalue weighted by Gasteiger charge is 2.46. The molecule has 0 spiro atoms. The first-order valence-electron chi connectivity index (χ1n) is 9.28. The lowest BCUT2D eigenvalue weighted by Crippen LogP contribution is -2.54. The summed E-state index contributed by atoms with van der Waals surface area (Å²) in [4.78, 5) is 27.2. The first-order valence-corrected chi connectivity index (χ1v) is 10.7. The molecule has 0 aliphatic carbocycles. The number of benzene rings is 1. The maximum atomic E-state index is 13.2. The molecule has 0 unspecified atom stereocenters. The second-order valence-electron chi connectivity index (χ2n) is 7.66. The zero-order valence-corrected chi connectivity index (χ0v) is 16.7. The summed E-state index contributed by atoms with van der Waals surface area (Å²) in [5.74, 6) is -0.547. The van der Waals surface area contributed by atoms with Crippen LogP contribution < -0.4 is 5.56 Å². The number of hydrogen-bond donors (Lipinski definition) is 0. The molecule has 3 heterocycles. The van der Waals surface area contributed by atoms with Crippen molar-refractivity contribution in [3.63, 3.8) is 0 Å². The Morgan fingerprint density at radius 2 is 1.75 bits per heavy atom. The van der Waals surface area contributed by atoms with Crippen LogP contribution in [0.4, 0.5) is 0 Å². The van der Waals surface area contributed by atoms with E-state index in [4.69, 9.17) is 0 Å². The van der Waals surface area contributed by atoms with Crippen LogP contribution in [0.15, 0.2) is 58.2 Å². The summed E-state index contributed by atoms with van der Waals surface area (Å²) in [6.07, 6.45) is 0.689. The second kappa shape index (κ2) is 6.86. The van der Waals surface area contributed by atoms with Crippen LogP contribution >= 0.6 is 0 Å². The Hall–Kier alpha value is -2.45. The minimum atomic E-state index is -3.67. The molecule has 28 heavy (non-hydrogen) atoms. The van der Waals surface area contributed by atoms with E-state index in [9.17, 15) is 18.0 Å². The maximum absolute atomic E-state index is 13.2. The van der Waals surface area contributed by atoms with Crippen molar-refractivity contribution in [3.05, 3.63) is 64.6 Å². The van der Waals surface area contributed by atoms with E-state index in [1.807, 2.05) is 6.07 Å². The van der Waals surface area contributed by atoms with Crippen molar-refractivity contribution < 1.29 is 13.2 Å². The van der Waals surface area contributed by atoms with Crippen molar-refractivity contribution in [3.8, 4) is 0 Å². The van der Waals surface area contributed by atoms with E-state index in [1.165, 1.54) is 15.3 Å². The number of aromatic nitrogens is 1. The van der Waals surface area contributed by atoms with Gasteiger partial charge in [0.1, 0.15) is 6.04 Å².